The van der Waals surface area contributed by atoms with Crippen molar-refractivity contribution in [2.24, 2.45) is 7.05 Å². The van der Waals surface area contributed by atoms with Gasteiger partial charge >= 0.3 is 35.8 Å². The molecule has 21 unspecified atom stereocenters. The van der Waals surface area contributed by atoms with Gasteiger partial charge in [-0.1, -0.05) is 17.2 Å². The van der Waals surface area contributed by atoms with E-state index < -0.39 is 183 Å². The number of aromatic amines is 3. The zero-order valence-electron chi connectivity index (χ0n) is 49.4. The number of aliphatic hydroxyl groups is 5. The number of nitrogens with zero attached hydrogens (tertiary/aromatic N) is 13. The van der Waals surface area contributed by atoms with Crippen LogP contribution in [0, 0.1) is 0 Å². The number of aryl methyl sites for hydroxylation is 1. The number of hydrogen-bond acceptors (Lipinski definition) is 38. The topological polar surface area (TPSA) is 683 Å². The maximum Gasteiger partial charge on any atom is 0.478 e. The summed E-state index contributed by atoms with van der Waals surface area (Å²) in [5.41, 5.74) is 15.3. The van der Waals surface area contributed by atoms with Gasteiger partial charge in [0.2, 0.25) is 23.6 Å². The summed E-state index contributed by atoms with van der Waals surface area (Å²) in [5.74, 6) is -1.13. The summed E-state index contributed by atoms with van der Waals surface area (Å²) in [6.07, 6.45) is -22.1. The van der Waals surface area contributed by atoms with E-state index in [1.165, 1.54) is 28.8 Å². The highest BCUT2D eigenvalue weighted by Crippen LogP contribution is 2.72. The fourth-order valence-corrected chi connectivity index (χ4v) is 20.1. The van der Waals surface area contributed by atoms with Crippen molar-refractivity contribution in [2.45, 2.75) is 98.2 Å². The summed E-state index contributed by atoms with van der Waals surface area (Å²) in [6.45, 7) is -9.12. The Labute approximate surface area is 558 Å². The molecule has 56 heteroatoms. The number of aromatic nitrogens is 16. The van der Waals surface area contributed by atoms with Crippen LogP contribution in [0.25, 0.3) is 44.7 Å². The average Bonchev–Trinajstić information content (AvgIpc) is 1.62. The van der Waals surface area contributed by atoms with Crippen LogP contribution in [-0.4, -0.2) is 225 Å². The Bertz CT molecular complexity index is 4840. The smallest absolute Gasteiger partial charge is 0.387 e. The quantitative estimate of drug-likeness (QED) is 0.0145. The van der Waals surface area contributed by atoms with Crippen LogP contribution in [0.3, 0.4) is 0 Å². The molecule has 0 radical (unpaired) electrons. The van der Waals surface area contributed by atoms with Crippen molar-refractivity contribution in [1.82, 2.24) is 73.1 Å². The Morgan fingerprint density at radius 2 is 1.05 bits per heavy atom. The molecule has 8 aromatic rings. The van der Waals surface area contributed by atoms with E-state index in [0.29, 0.717) is 0 Å². The molecule has 20 N–H and O–H groups in total. The lowest BCUT2D eigenvalue weighted by molar-refractivity contribution is -0.745. The first-order valence-corrected chi connectivity index (χ1v) is 38.6. The first-order valence-electron chi connectivity index (χ1n) is 27.7. The highest BCUT2D eigenvalue weighted by Gasteiger charge is 2.55. The van der Waals surface area contributed by atoms with Crippen LogP contribution < -0.4 is 44.2 Å². The lowest BCUT2D eigenvalue weighted by Gasteiger charge is -2.28. The Kier molecular flexibility index (Phi) is 20.0. The number of nitrogens with one attached hydrogen (secondary N) is 3. The van der Waals surface area contributed by atoms with Crippen LogP contribution in [0.15, 0.2) is 46.0 Å². The van der Waals surface area contributed by atoms with E-state index in [1.807, 2.05) is 0 Å². The van der Waals surface area contributed by atoms with Gasteiger partial charge in [-0.05, 0) is 23.6 Å². The Morgan fingerprint density at radius 3 is 1.65 bits per heavy atom. The fraction of sp³-hybridized carbons (Fsp3) is 0.524. The van der Waals surface area contributed by atoms with E-state index in [4.69, 9.17) is 106 Å². The number of methoxy groups -OCH3 is 1. The van der Waals surface area contributed by atoms with Crippen LogP contribution in [0.5, 0.6) is 0 Å². The SMILES string of the molecule is COC1C(OP(O)(=S)OCC2OC(n3cnc4c(=O)[nH]c(N)nc43)C(O)C2OP(=O)(O)OCC2OC(n3cnc4c(=O)[nH]c(N)nc43)C(O)C2O)C(COP(=O)(O)OP(=S)(S)OP(=O)(O)OCC2OC([n+]3cn(C)c4c(=O)[nH]c(N)nc43)C(O)C2O)OC1n1cnc2c(N)ncnc21. The van der Waals surface area contributed by atoms with Gasteiger partial charge in [0, 0.05) is 7.11 Å². The molecular weight excluding hydrogens is 1480 g/mol. The molecule has 0 aliphatic carbocycles. The average molecular weight is 1540 g/mol. The third-order valence-corrected chi connectivity index (χ3v) is 24.6. The second-order valence-electron chi connectivity index (χ2n) is 21.6. The number of aliphatic hydroxyl groups excluding tert-OH is 5. The standard InChI is InChI=1S/C42H55N20O28P5S3/c1-58-11-62(32-19(58)35(70)57-42(46)54-32)37-23(66)21(64)13(84-37)4-80-92(73,74)89-95(97,98)90-93(75,76)81-5-15-26(27(78-2)39(86-15)59-8-49-16-28(43)47-7-48-29(16)59)88-94(77,96)82-6-14-25(24(67)38(85-14)61-10-51-18-31(61)53-41(45)56-34(18)69)87-91(71,72)79-3-12-20(63)22(65)36(83-12)60-9-50-17-30(60)52-40(44)55-33(17)68/h7-15,20-27,36-39,63-67H,3-6H2,1-2H3,(H15-,43,44,45,46,47,48,52,53,54,55,56,57,68,69,70,71,72,73,74,75,76,77,96,97,98)/p+1. The van der Waals surface area contributed by atoms with Crippen molar-refractivity contribution in [3.05, 3.63) is 62.7 Å². The van der Waals surface area contributed by atoms with Gasteiger partial charge in [0.1, 0.15) is 85.1 Å². The van der Waals surface area contributed by atoms with Crippen LogP contribution in [-0.2, 0) is 104 Å². The number of H-pyrrole nitrogens is 3. The molecule has 12 rings (SSSR count). The van der Waals surface area contributed by atoms with Crippen molar-refractivity contribution >= 4 is 140 Å². The summed E-state index contributed by atoms with van der Waals surface area (Å²) in [7, 11) is -14.2. The van der Waals surface area contributed by atoms with E-state index in [2.05, 4.69) is 67.1 Å². The maximum atomic E-state index is 13.9. The second-order valence-corrected chi connectivity index (χ2v) is 34.3. The maximum absolute atomic E-state index is 13.9. The predicted octanol–water partition coefficient (Wildman–Crippen LogP) is -5.06. The molecule has 0 bridgehead atoms. The molecule has 48 nitrogen and oxygen atoms in total. The summed E-state index contributed by atoms with van der Waals surface area (Å²) < 4.78 is 119. The van der Waals surface area contributed by atoms with E-state index in [1.54, 1.807) is 0 Å². The normalized spacial score (nSPS) is 30.7. The van der Waals surface area contributed by atoms with Crippen molar-refractivity contribution in [1.29, 1.82) is 0 Å². The van der Waals surface area contributed by atoms with Crippen LogP contribution >= 0.6 is 48.1 Å². The molecule has 98 heavy (non-hydrogen) atoms. The van der Waals surface area contributed by atoms with Gasteiger partial charge in [-0.25, -0.2) is 51.8 Å². The first-order chi connectivity index (χ1) is 46.0. The van der Waals surface area contributed by atoms with Crippen molar-refractivity contribution < 1.29 is 123 Å². The molecule has 4 saturated heterocycles. The Morgan fingerprint density at radius 1 is 0.571 bits per heavy atom. The van der Waals surface area contributed by atoms with Gasteiger partial charge in [0.05, 0.1) is 52.5 Å². The highest BCUT2D eigenvalue weighted by molar-refractivity contribution is 8.61. The van der Waals surface area contributed by atoms with Crippen molar-refractivity contribution in [3.8, 4) is 0 Å². The number of nitrogens with two attached hydrogens (primary N) is 4. The molecule has 4 aliphatic rings. The van der Waals surface area contributed by atoms with Crippen LogP contribution in [0.2, 0.25) is 0 Å². The minimum Gasteiger partial charge on any atom is -0.387 e. The summed E-state index contributed by atoms with van der Waals surface area (Å²) >= 11 is 14.5. The molecule has 0 spiro atoms. The molecule has 534 valence electrons. The third kappa shape index (κ3) is 14.4. The highest BCUT2D eigenvalue weighted by atomic mass is 32.9. The van der Waals surface area contributed by atoms with Crippen molar-refractivity contribution in [3.63, 3.8) is 0 Å². The third-order valence-electron chi connectivity index (χ3n) is 15.2. The van der Waals surface area contributed by atoms with Gasteiger partial charge in [-0.15, -0.1) is 0 Å². The minimum atomic E-state index is -5.68. The monoisotopic (exact) mass is 1540 g/mol. The van der Waals surface area contributed by atoms with Gasteiger partial charge in [0.15, 0.2) is 58.8 Å². The number of phosphoric acid groups is 3. The molecule has 0 amide bonds. The molecule has 12 heterocycles. The molecule has 0 aromatic carbocycles. The summed E-state index contributed by atoms with van der Waals surface area (Å²) in [5, 5.41) is 55.7. The number of ether oxygens (including phenoxy) is 5. The molecule has 8 aromatic heterocycles. The predicted molar refractivity (Wildman–Crippen MR) is 332 cm³/mol. The van der Waals surface area contributed by atoms with Crippen LogP contribution in [0.4, 0.5) is 23.7 Å². The lowest BCUT2D eigenvalue weighted by atomic mass is 10.1. The molecule has 4 fully saturated rings. The lowest BCUT2D eigenvalue weighted by Crippen LogP contribution is -2.46. The Hall–Kier alpha value is -5.74. The van der Waals surface area contributed by atoms with Crippen molar-refractivity contribution in [2.75, 3.05) is 56.5 Å². The van der Waals surface area contributed by atoms with Gasteiger partial charge in [0.25, 0.3) is 28.3 Å². The number of thiol groups is 1. The zero-order chi connectivity index (χ0) is 70.6. The van der Waals surface area contributed by atoms with Gasteiger partial charge in [-0.3, -0.25) is 70.2 Å². The number of nitrogen functional groups attached to an aromatic ring is 4. The fourth-order valence-electron chi connectivity index (χ4n) is 11.0. The van der Waals surface area contributed by atoms with Gasteiger partial charge < -0.3 is 96.2 Å². The van der Waals surface area contributed by atoms with E-state index >= 15 is 0 Å². The van der Waals surface area contributed by atoms with E-state index in [9.17, 15) is 73.2 Å². The zero-order valence-corrected chi connectivity index (χ0v) is 56.4. The molecular formula is C42H56N20O28P5S3+. The van der Waals surface area contributed by atoms with E-state index in [0.717, 1.165) is 39.8 Å². The number of rotatable bonds is 25. The molecule has 0 saturated carbocycles. The Balaban J connectivity index is 0.740. The number of hydrogen-bond donors (Lipinski definition) is 17. The number of fused-ring (bicyclic) bond motifs is 4. The van der Waals surface area contributed by atoms with Crippen LogP contribution in [0.1, 0.15) is 24.9 Å². The van der Waals surface area contributed by atoms with Gasteiger partial charge in [-0.2, -0.15) is 9.97 Å². The second kappa shape index (κ2) is 27.2. The molecule has 21 atom stereocenters. The summed E-state index contributed by atoms with van der Waals surface area (Å²) in [4.78, 5) is 122. The molecule has 4 aliphatic heterocycles. The van der Waals surface area contributed by atoms with E-state index in [-0.39, 0.29) is 62.4 Å². The number of phosphoric ester groups is 3. The largest absolute Gasteiger partial charge is 0.478 e. The number of anilines is 4. The first kappa shape index (κ1) is 72.1. The summed E-state index contributed by atoms with van der Waals surface area (Å²) in [6, 6.07) is 0. The minimum absolute atomic E-state index is 0.00444. The number of imidazole rings is 4.